The fourth-order valence-electron chi connectivity index (χ4n) is 21.9. The maximum absolute atomic E-state index is 5.69. The topological polar surface area (TPSA) is 154 Å². The highest BCUT2D eigenvalue weighted by Crippen LogP contribution is 2.40. The van der Waals surface area contributed by atoms with E-state index in [-0.39, 0.29) is 0 Å². The van der Waals surface area contributed by atoms with Gasteiger partial charge in [0.15, 0.2) is 27.8 Å². The molecule has 0 saturated carbocycles. The lowest BCUT2D eigenvalue weighted by atomic mass is 10.0. The second-order valence-electron chi connectivity index (χ2n) is 34.9. The summed E-state index contributed by atoms with van der Waals surface area (Å²) in [6.45, 7) is 0. The van der Waals surface area contributed by atoms with Gasteiger partial charge < -0.3 is 4.57 Å². The molecule has 0 atom stereocenters. The SMILES string of the molecule is c1ccc([Si](c2ccccc2)(c2ccccc2)c2ccc(-c3nc(-n4c5ccccc5n5c6ccccc6nc45)nc(-n4c5ccccc5n5c6cc(-c7ccc8c(c7)nc7n(-c9nc(-c%10ccc([Si](c%11ccccc%11)(c%11ccccc%11)c%11cccc(-n%12c%13ccccc%13c%13ccccc%13%12)c%11)cc%10)nc(-n%10c%11ccccc%11c%11ccccc%11%10)n9)c9ccccc9n87)ccc6nc45)n3)cc2)cc1. The minimum atomic E-state index is -3.18. The summed E-state index contributed by atoms with van der Waals surface area (Å²) in [6, 6.07) is 164. The molecule has 0 N–H and O–H groups in total. The largest absolute Gasteiger partial charge is 0.309 e. The molecule has 0 spiro atoms. The molecule has 0 unspecified atom stereocenters. The third-order valence-electron chi connectivity index (χ3n) is 27.7. The van der Waals surface area contributed by atoms with Gasteiger partial charge in [-0.2, -0.15) is 29.9 Å². The molecule has 0 saturated heterocycles. The minimum absolute atomic E-state index is 0.389. The standard InChI is InChI=1S/C117H75N17Si2/c1-6-34-81(35-7-1)135(82-36-8-2-9-37-82,83-38-10-3-11-39-83)86-67-61-77(62-68-86)110-123-113(132-105-58-29-26-55-102(105)129-100-54-25-20-49-93(100)118-115(129)132)126-114(124-110)133-107-60-31-28-57-104(107)131-108-74-79(65-71-94(108)119-116(131)133)78-66-72-101-95(73-78)120-117-130(101)103-56-27-30-59-106(103)134(117)112-122-109(121-111(125-112)128-98-52-23-18-47-91(98)92-48-19-24-53-99(92)128)76-63-69-87(70-64-76)136(84-40-12-4-13-41-84,85-42-14-5-15-43-85)88-44-32-33-80(75-88)127-96-50-21-16-45-89(96)90-46-17-22-51-97(90)127/h1-75H. The summed E-state index contributed by atoms with van der Waals surface area (Å²) in [6.07, 6.45) is 0. The fourth-order valence-corrected chi connectivity index (χ4v) is 31.4. The molecule has 0 amide bonds. The van der Waals surface area contributed by atoms with Crippen LogP contribution in [0.4, 0.5) is 0 Å². The van der Waals surface area contributed by atoms with E-state index in [1.807, 2.05) is 6.07 Å². The van der Waals surface area contributed by atoms with E-state index in [1.54, 1.807) is 0 Å². The Kier molecular flexibility index (Phi) is 17.0. The number of rotatable bonds is 16. The van der Waals surface area contributed by atoms with E-state index in [2.05, 4.69) is 485 Å². The van der Waals surface area contributed by atoms with Gasteiger partial charge >= 0.3 is 0 Å². The molecular formula is C117H75N17Si2. The van der Waals surface area contributed by atoms with Crippen LogP contribution < -0.4 is 41.5 Å². The summed E-state index contributed by atoms with van der Waals surface area (Å²) < 4.78 is 17.5. The Labute approximate surface area is 778 Å². The molecule has 10 aromatic heterocycles. The van der Waals surface area contributed by atoms with Crippen LogP contribution >= 0.6 is 0 Å². The van der Waals surface area contributed by atoms with Crippen LogP contribution in [0, 0.1) is 0 Å². The Hall–Kier alpha value is -18.2. The number of hydrogen-bond acceptors (Lipinski definition) is 9. The van der Waals surface area contributed by atoms with Crippen molar-refractivity contribution < 1.29 is 0 Å². The lowest BCUT2D eigenvalue weighted by Gasteiger charge is -2.35. The molecule has 17 nitrogen and oxygen atoms in total. The molecular weight excluding hydrogens is 1700 g/mol. The molecule has 0 fully saturated rings. The first-order chi connectivity index (χ1) is 67.4. The molecule has 636 valence electrons. The van der Waals surface area contributed by atoms with Gasteiger partial charge in [-0.05, 0) is 162 Å². The fraction of sp³-hybridized carbons (Fsp3) is 0. The maximum atomic E-state index is 5.69. The Balaban J connectivity index is 0.594. The van der Waals surface area contributed by atoms with Crippen molar-refractivity contribution in [3.8, 4) is 63.4 Å². The van der Waals surface area contributed by atoms with Gasteiger partial charge in [0.25, 0.3) is 0 Å². The van der Waals surface area contributed by atoms with Crippen LogP contribution in [0.3, 0.4) is 0 Å². The summed E-state index contributed by atoms with van der Waals surface area (Å²) in [5.74, 6) is 4.62. The van der Waals surface area contributed by atoms with E-state index in [4.69, 9.17) is 44.9 Å². The lowest BCUT2D eigenvalue weighted by molar-refractivity contribution is 0.877. The van der Waals surface area contributed by atoms with E-state index in [0.717, 1.165) is 127 Å². The van der Waals surface area contributed by atoms with Gasteiger partial charge in [0.05, 0.1) is 88.3 Å². The van der Waals surface area contributed by atoms with Crippen LogP contribution in [-0.2, 0) is 0 Å². The predicted molar refractivity (Wildman–Crippen MR) is 555 cm³/mol. The number of imidazole rings is 6. The zero-order chi connectivity index (χ0) is 89.3. The number of aromatic nitrogens is 17. The highest BCUT2D eigenvalue weighted by molar-refractivity contribution is 7.20. The molecule has 19 heteroatoms. The molecule has 18 aromatic carbocycles. The molecule has 0 radical (unpaired) electrons. The van der Waals surface area contributed by atoms with Gasteiger partial charge in [-0.15, -0.1) is 0 Å². The molecule has 0 bridgehead atoms. The number of fused-ring (bicyclic) bond motifs is 21. The summed E-state index contributed by atoms with van der Waals surface area (Å²) in [4.78, 5) is 50.3. The van der Waals surface area contributed by atoms with E-state index in [1.165, 1.54) is 52.3 Å². The first-order valence-electron chi connectivity index (χ1n) is 45.8. The van der Waals surface area contributed by atoms with Gasteiger partial charge in [0, 0.05) is 38.4 Å². The second kappa shape index (κ2) is 30.2. The quantitative estimate of drug-likeness (QED) is 0.0679. The second-order valence-corrected chi connectivity index (χ2v) is 42.5. The third kappa shape index (κ3) is 11.4. The van der Waals surface area contributed by atoms with E-state index < -0.39 is 16.1 Å². The van der Waals surface area contributed by atoms with Crippen LogP contribution in [0.5, 0.6) is 0 Å². The monoisotopic (exact) mass is 1770 g/mol. The van der Waals surface area contributed by atoms with Crippen molar-refractivity contribution in [1.29, 1.82) is 0 Å². The number of nitrogens with zero attached hydrogens (tertiary/aromatic N) is 17. The van der Waals surface area contributed by atoms with Crippen molar-refractivity contribution in [1.82, 2.24) is 80.9 Å². The van der Waals surface area contributed by atoms with Gasteiger partial charge in [0.1, 0.15) is 0 Å². The Morgan fingerprint density at radius 1 is 0.154 bits per heavy atom. The summed E-state index contributed by atoms with van der Waals surface area (Å²) in [5, 5.41) is 14.7. The van der Waals surface area contributed by atoms with Crippen molar-refractivity contribution in [2.75, 3.05) is 0 Å². The van der Waals surface area contributed by atoms with Gasteiger partial charge in [-0.1, -0.05) is 346 Å². The van der Waals surface area contributed by atoms with Gasteiger partial charge in [0.2, 0.25) is 41.1 Å². The van der Waals surface area contributed by atoms with Crippen LogP contribution in [0.25, 0.3) is 191 Å². The van der Waals surface area contributed by atoms with Crippen molar-refractivity contribution >= 4 is 185 Å². The normalized spacial score (nSPS) is 12.3. The first kappa shape index (κ1) is 76.7. The average molecular weight is 1780 g/mol. The highest BCUT2D eigenvalue weighted by atomic mass is 28.3. The lowest BCUT2D eigenvalue weighted by Crippen LogP contribution is -2.74. The first-order valence-corrected chi connectivity index (χ1v) is 49.8. The predicted octanol–water partition coefficient (Wildman–Crippen LogP) is 20.2. The smallest absolute Gasteiger partial charge is 0.242 e. The van der Waals surface area contributed by atoms with Crippen molar-refractivity contribution in [3.63, 3.8) is 0 Å². The summed E-state index contributed by atoms with van der Waals surface area (Å²) >= 11 is 0. The van der Waals surface area contributed by atoms with Crippen molar-refractivity contribution in [2.45, 2.75) is 0 Å². The zero-order valence-corrected chi connectivity index (χ0v) is 74.9. The van der Waals surface area contributed by atoms with Gasteiger partial charge in [-0.3, -0.25) is 17.8 Å². The Morgan fingerprint density at radius 3 is 0.860 bits per heavy atom. The maximum Gasteiger partial charge on any atom is 0.242 e. The molecule has 0 aliphatic heterocycles. The average Bonchev–Trinajstić information content (AvgIpc) is 1.51. The van der Waals surface area contributed by atoms with E-state index in [0.29, 0.717) is 52.8 Å². The van der Waals surface area contributed by atoms with Crippen molar-refractivity contribution in [3.05, 3.63) is 455 Å². The summed E-state index contributed by atoms with van der Waals surface area (Å²) in [5.41, 5.74) is 19.7. The molecule has 10 heterocycles. The van der Waals surface area contributed by atoms with Gasteiger partial charge in [-0.25, -0.2) is 28.7 Å². The van der Waals surface area contributed by atoms with Crippen LogP contribution in [0.15, 0.2) is 455 Å². The molecule has 28 aromatic rings. The minimum Gasteiger partial charge on any atom is -0.309 e. The van der Waals surface area contributed by atoms with Crippen LogP contribution in [0.2, 0.25) is 0 Å². The number of hydrogen-bond donors (Lipinski definition) is 0. The van der Waals surface area contributed by atoms with E-state index >= 15 is 0 Å². The third-order valence-corrected chi connectivity index (χ3v) is 37.3. The molecule has 0 aliphatic carbocycles. The Morgan fingerprint density at radius 2 is 0.441 bits per heavy atom. The number of para-hydroxylation sites is 12. The molecule has 0 aliphatic rings. The van der Waals surface area contributed by atoms with Crippen LogP contribution in [-0.4, -0.2) is 97.0 Å². The Bertz CT molecular complexity index is 9460. The zero-order valence-electron chi connectivity index (χ0n) is 72.9. The van der Waals surface area contributed by atoms with Crippen molar-refractivity contribution in [2.24, 2.45) is 0 Å². The highest BCUT2D eigenvalue weighted by Gasteiger charge is 2.44. The summed E-state index contributed by atoms with van der Waals surface area (Å²) in [7, 11) is -6.09. The molecule has 28 rings (SSSR count). The van der Waals surface area contributed by atoms with Crippen LogP contribution in [0.1, 0.15) is 0 Å². The van der Waals surface area contributed by atoms with E-state index in [9.17, 15) is 0 Å². The number of benzene rings is 18. The molecule has 136 heavy (non-hydrogen) atoms.